The topological polar surface area (TPSA) is 84.4 Å². The molecule has 12 heteroatoms. The molecule has 1 N–H and O–H groups in total. The van der Waals surface area contributed by atoms with Gasteiger partial charge in [-0.3, -0.25) is 14.5 Å². The molecule has 2 saturated heterocycles. The molecule has 2 heterocycles. The number of nitrogens with zero attached hydrogens (tertiary/aromatic N) is 4. The molecule has 2 aliphatic rings. The molecule has 0 aromatic heterocycles. The van der Waals surface area contributed by atoms with E-state index in [2.05, 4.69) is 40.1 Å². The molecule has 2 amide bonds. The molecule has 0 unspecified atom stereocenters. The molecule has 2 aromatic rings. The van der Waals surface area contributed by atoms with Gasteiger partial charge in [-0.05, 0) is 56.1 Å². The highest BCUT2D eigenvalue weighted by Gasteiger charge is 2.38. The van der Waals surface area contributed by atoms with Crippen molar-refractivity contribution in [3.63, 3.8) is 0 Å². The molecule has 0 spiro atoms. The van der Waals surface area contributed by atoms with E-state index in [0.29, 0.717) is 24.7 Å². The SMILES string of the molecule is CC(=O)N1CCC(C(=O)N(CCCN2CCN(c3ccccc3)CC2)c2cccc(Cl)c2)CC1.O=C(O)C(F)(F)F. The summed E-state index contributed by atoms with van der Waals surface area (Å²) in [5, 5.41) is 7.76. The highest BCUT2D eigenvalue weighted by atomic mass is 35.5. The normalized spacial score (nSPS) is 16.5. The average Bonchev–Trinajstić information content (AvgIpc) is 2.96. The zero-order chi connectivity index (χ0) is 30.0. The first-order chi connectivity index (χ1) is 19.5. The first kappa shape index (κ1) is 32.2. The summed E-state index contributed by atoms with van der Waals surface area (Å²) in [5.41, 5.74) is 2.15. The summed E-state index contributed by atoms with van der Waals surface area (Å²) in [6.07, 6.45) is -2.73. The van der Waals surface area contributed by atoms with Crippen molar-refractivity contribution in [2.75, 3.05) is 62.2 Å². The van der Waals surface area contributed by atoms with Crippen LogP contribution in [0.2, 0.25) is 5.02 Å². The largest absolute Gasteiger partial charge is 0.490 e. The van der Waals surface area contributed by atoms with Crippen LogP contribution < -0.4 is 9.80 Å². The number of halogens is 4. The van der Waals surface area contributed by atoms with Gasteiger partial charge in [-0.2, -0.15) is 13.2 Å². The standard InChI is InChI=1S/C27H35ClN4O2.C2HF3O2/c1-22(33)30-15-11-23(12-16-30)27(34)32(26-10-5-7-24(28)21-26)14-6-13-29-17-19-31(20-18-29)25-8-3-2-4-9-25;3-2(4,5)1(6)7/h2-5,7-10,21,23H,6,11-20H2,1H3;(H,6,7). The van der Waals surface area contributed by atoms with Crippen molar-refractivity contribution in [1.82, 2.24) is 9.80 Å². The van der Waals surface area contributed by atoms with Gasteiger partial charge in [0.2, 0.25) is 11.8 Å². The number of carbonyl (C=O) groups excluding carboxylic acids is 2. The number of hydrogen-bond acceptors (Lipinski definition) is 5. The summed E-state index contributed by atoms with van der Waals surface area (Å²) >= 11 is 6.26. The van der Waals surface area contributed by atoms with E-state index < -0.39 is 12.1 Å². The summed E-state index contributed by atoms with van der Waals surface area (Å²) in [6.45, 7) is 8.65. The predicted molar refractivity (Wildman–Crippen MR) is 152 cm³/mol. The Labute approximate surface area is 243 Å². The number of piperazine rings is 1. The fraction of sp³-hybridized carbons (Fsp3) is 0.483. The van der Waals surface area contributed by atoms with Crippen molar-refractivity contribution in [1.29, 1.82) is 0 Å². The van der Waals surface area contributed by atoms with E-state index in [4.69, 9.17) is 21.5 Å². The number of aliphatic carboxylic acids is 1. The van der Waals surface area contributed by atoms with Gasteiger partial charge in [0.1, 0.15) is 0 Å². The second-order valence-corrected chi connectivity index (χ2v) is 10.5. The lowest BCUT2D eigenvalue weighted by molar-refractivity contribution is -0.192. The molecule has 2 aliphatic heterocycles. The van der Waals surface area contributed by atoms with Gasteiger partial charge in [0.25, 0.3) is 0 Å². The smallest absolute Gasteiger partial charge is 0.475 e. The molecule has 0 aliphatic carbocycles. The summed E-state index contributed by atoms with van der Waals surface area (Å²) in [6, 6.07) is 18.2. The molecule has 4 rings (SSSR count). The lowest BCUT2D eigenvalue weighted by Crippen LogP contribution is -2.47. The van der Waals surface area contributed by atoms with E-state index in [-0.39, 0.29) is 17.7 Å². The third-order valence-corrected chi connectivity index (χ3v) is 7.50. The van der Waals surface area contributed by atoms with Crippen LogP contribution in [0.25, 0.3) is 0 Å². The molecular weight excluding hydrogens is 561 g/mol. The number of likely N-dealkylation sites (tertiary alicyclic amines) is 1. The molecule has 2 fully saturated rings. The lowest BCUT2D eigenvalue weighted by atomic mass is 9.94. The molecule has 0 radical (unpaired) electrons. The molecule has 41 heavy (non-hydrogen) atoms. The highest BCUT2D eigenvalue weighted by molar-refractivity contribution is 6.30. The molecule has 8 nitrogen and oxygen atoms in total. The van der Waals surface area contributed by atoms with Crippen molar-refractivity contribution in [2.24, 2.45) is 5.92 Å². The van der Waals surface area contributed by atoms with E-state index in [1.165, 1.54) is 5.69 Å². The van der Waals surface area contributed by atoms with E-state index in [1.807, 2.05) is 34.1 Å². The third kappa shape index (κ3) is 9.93. The third-order valence-electron chi connectivity index (χ3n) is 7.27. The average molecular weight is 597 g/mol. The first-order valence-corrected chi connectivity index (χ1v) is 14.0. The van der Waals surface area contributed by atoms with Crippen LogP contribution in [-0.4, -0.2) is 91.2 Å². The fourth-order valence-electron chi connectivity index (χ4n) is 4.99. The van der Waals surface area contributed by atoms with Gasteiger partial charge < -0.3 is 19.8 Å². The summed E-state index contributed by atoms with van der Waals surface area (Å²) < 4.78 is 31.7. The van der Waals surface area contributed by atoms with Crippen LogP contribution in [0.1, 0.15) is 26.2 Å². The maximum atomic E-state index is 13.5. The van der Waals surface area contributed by atoms with Gasteiger partial charge >= 0.3 is 12.1 Å². The van der Waals surface area contributed by atoms with E-state index in [0.717, 1.165) is 57.7 Å². The van der Waals surface area contributed by atoms with Gasteiger partial charge in [-0.25, -0.2) is 4.79 Å². The molecule has 2 aromatic carbocycles. The van der Waals surface area contributed by atoms with Crippen LogP contribution >= 0.6 is 11.6 Å². The Hall–Kier alpha value is -3.31. The number of alkyl halides is 3. The van der Waals surface area contributed by atoms with E-state index in [1.54, 1.807) is 6.92 Å². The van der Waals surface area contributed by atoms with Gasteiger partial charge in [0.05, 0.1) is 0 Å². The Balaban J connectivity index is 0.000000587. The van der Waals surface area contributed by atoms with Crippen LogP contribution in [0.15, 0.2) is 54.6 Å². The Morgan fingerprint density at radius 1 is 0.951 bits per heavy atom. The van der Waals surface area contributed by atoms with Crippen molar-refractivity contribution >= 4 is 40.8 Å². The number of carboxylic acids is 1. The maximum absolute atomic E-state index is 13.5. The second kappa shape index (κ2) is 15.1. The van der Waals surface area contributed by atoms with E-state index in [9.17, 15) is 22.8 Å². The van der Waals surface area contributed by atoms with Crippen LogP contribution in [0.4, 0.5) is 24.5 Å². The van der Waals surface area contributed by atoms with Gasteiger partial charge in [-0.15, -0.1) is 0 Å². The van der Waals surface area contributed by atoms with Crippen LogP contribution in [0.3, 0.4) is 0 Å². The summed E-state index contributed by atoms with van der Waals surface area (Å²) in [4.78, 5) is 42.8. The van der Waals surface area contributed by atoms with E-state index >= 15 is 0 Å². The predicted octanol–water partition coefficient (Wildman–Crippen LogP) is 4.78. The minimum absolute atomic E-state index is 0.0519. The quantitative estimate of drug-likeness (QED) is 0.495. The van der Waals surface area contributed by atoms with Crippen molar-refractivity contribution in [3.05, 3.63) is 59.6 Å². The number of carboxylic acid groups (broad SMARTS) is 1. The Morgan fingerprint density at radius 2 is 1.56 bits per heavy atom. The first-order valence-electron chi connectivity index (χ1n) is 13.6. The number of hydrogen-bond donors (Lipinski definition) is 1. The monoisotopic (exact) mass is 596 g/mol. The minimum atomic E-state index is -5.08. The number of amides is 2. The number of carbonyl (C=O) groups is 3. The fourth-order valence-corrected chi connectivity index (χ4v) is 5.18. The maximum Gasteiger partial charge on any atom is 0.490 e. The zero-order valence-electron chi connectivity index (χ0n) is 23.0. The number of piperidine rings is 1. The molecule has 0 saturated carbocycles. The molecule has 0 atom stereocenters. The second-order valence-electron chi connectivity index (χ2n) is 10.1. The molecular formula is C29H36ClF3N4O4. The summed E-state index contributed by atoms with van der Waals surface area (Å²) in [5.74, 6) is -2.57. The summed E-state index contributed by atoms with van der Waals surface area (Å²) in [7, 11) is 0. The van der Waals surface area contributed by atoms with Gasteiger partial charge in [0.15, 0.2) is 0 Å². The Kier molecular flexibility index (Phi) is 11.8. The number of benzene rings is 2. The molecule has 224 valence electrons. The lowest BCUT2D eigenvalue weighted by Gasteiger charge is -2.37. The highest BCUT2D eigenvalue weighted by Crippen LogP contribution is 2.26. The van der Waals surface area contributed by atoms with Gasteiger partial charge in [0, 0.05) is 75.1 Å². The Morgan fingerprint density at radius 3 is 2.10 bits per heavy atom. The number of rotatable bonds is 7. The van der Waals surface area contributed by atoms with Crippen LogP contribution in [-0.2, 0) is 14.4 Å². The molecule has 0 bridgehead atoms. The zero-order valence-corrected chi connectivity index (χ0v) is 23.8. The van der Waals surface area contributed by atoms with Gasteiger partial charge in [-0.1, -0.05) is 35.9 Å². The Bertz CT molecular complexity index is 1150. The van der Waals surface area contributed by atoms with Crippen LogP contribution in [0, 0.1) is 5.92 Å². The minimum Gasteiger partial charge on any atom is -0.475 e. The van der Waals surface area contributed by atoms with Crippen molar-refractivity contribution in [2.45, 2.75) is 32.4 Å². The number of anilines is 2. The van der Waals surface area contributed by atoms with Crippen molar-refractivity contribution in [3.8, 4) is 0 Å². The number of para-hydroxylation sites is 1. The van der Waals surface area contributed by atoms with Crippen molar-refractivity contribution < 1.29 is 32.7 Å². The van der Waals surface area contributed by atoms with Crippen LogP contribution in [0.5, 0.6) is 0 Å².